The maximum atomic E-state index is 8.65. The molecule has 0 amide bonds. The SMILES string of the molecule is N#Cc1ccnc(Sc2cnccn2)n1. The van der Waals surface area contributed by atoms with Crippen LogP contribution >= 0.6 is 11.8 Å². The van der Waals surface area contributed by atoms with Gasteiger partial charge in [-0.1, -0.05) is 0 Å². The molecule has 72 valence electrons. The third kappa shape index (κ3) is 2.48. The molecule has 2 aromatic heterocycles. The highest BCUT2D eigenvalue weighted by Crippen LogP contribution is 2.20. The van der Waals surface area contributed by atoms with Crippen molar-refractivity contribution >= 4 is 11.8 Å². The van der Waals surface area contributed by atoms with E-state index in [1.165, 1.54) is 11.8 Å². The Balaban J connectivity index is 2.22. The Bertz CT molecular complexity index is 493. The van der Waals surface area contributed by atoms with Crippen molar-refractivity contribution in [2.45, 2.75) is 10.2 Å². The average Bonchev–Trinajstić information content (AvgIpc) is 2.31. The first-order valence-electron chi connectivity index (χ1n) is 4.05. The predicted octanol–water partition coefficient (Wildman–Crippen LogP) is 1.29. The molecule has 2 aromatic rings. The Labute approximate surface area is 90.2 Å². The molecule has 2 rings (SSSR count). The zero-order valence-corrected chi connectivity index (χ0v) is 8.35. The van der Waals surface area contributed by atoms with Gasteiger partial charge in [0.1, 0.15) is 16.8 Å². The van der Waals surface area contributed by atoms with E-state index < -0.39 is 0 Å². The van der Waals surface area contributed by atoms with Crippen LogP contribution in [0.1, 0.15) is 5.69 Å². The molecule has 2 heterocycles. The lowest BCUT2D eigenvalue weighted by atomic mass is 10.5. The van der Waals surface area contributed by atoms with Crippen LogP contribution in [0.25, 0.3) is 0 Å². The second-order valence-corrected chi connectivity index (χ2v) is 3.47. The van der Waals surface area contributed by atoms with Crippen molar-refractivity contribution in [1.29, 1.82) is 5.26 Å². The van der Waals surface area contributed by atoms with E-state index in [0.717, 1.165) is 0 Å². The minimum atomic E-state index is 0.344. The minimum absolute atomic E-state index is 0.344. The second kappa shape index (κ2) is 4.48. The van der Waals surface area contributed by atoms with E-state index >= 15 is 0 Å². The number of nitriles is 1. The largest absolute Gasteiger partial charge is 0.260 e. The zero-order valence-electron chi connectivity index (χ0n) is 7.53. The summed E-state index contributed by atoms with van der Waals surface area (Å²) in [5, 5.41) is 9.85. The van der Waals surface area contributed by atoms with Gasteiger partial charge in [0.15, 0.2) is 5.16 Å². The van der Waals surface area contributed by atoms with Gasteiger partial charge in [-0.3, -0.25) is 4.98 Å². The zero-order chi connectivity index (χ0) is 10.5. The number of aromatic nitrogens is 4. The maximum Gasteiger partial charge on any atom is 0.195 e. The van der Waals surface area contributed by atoms with Crippen molar-refractivity contribution in [2.24, 2.45) is 0 Å². The highest BCUT2D eigenvalue weighted by molar-refractivity contribution is 7.99. The third-order valence-corrected chi connectivity index (χ3v) is 2.28. The molecule has 0 atom stereocenters. The fraction of sp³-hybridized carbons (Fsp3) is 0. The van der Waals surface area contributed by atoms with Gasteiger partial charge in [-0.05, 0) is 17.8 Å². The van der Waals surface area contributed by atoms with Crippen LogP contribution in [0.4, 0.5) is 0 Å². The van der Waals surface area contributed by atoms with Crippen molar-refractivity contribution in [2.75, 3.05) is 0 Å². The van der Waals surface area contributed by atoms with Crippen molar-refractivity contribution < 1.29 is 0 Å². The standard InChI is InChI=1S/C9H5N5S/c10-5-7-1-2-13-9(14-7)15-8-6-11-3-4-12-8/h1-4,6H. The van der Waals surface area contributed by atoms with Gasteiger partial charge in [0, 0.05) is 18.6 Å². The summed E-state index contributed by atoms with van der Waals surface area (Å²) in [5.74, 6) is 0. The molecule has 0 radical (unpaired) electrons. The minimum Gasteiger partial charge on any atom is -0.260 e. The van der Waals surface area contributed by atoms with E-state index in [4.69, 9.17) is 5.26 Å². The van der Waals surface area contributed by atoms with Crippen molar-refractivity contribution in [1.82, 2.24) is 19.9 Å². The van der Waals surface area contributed by atoms with E-state index in [0.29, 0.717) is 15.9 Å². The first-order chi connectivity index (χ1) is 7.38. The van der Waals surface area contributed by atoms with Crippen molar-refractivity contribution in [3.8, 4) is 6.07 Å². The molecule has 15 heavy (non-hydrogen) atoms. The maximum absolute atomic E-state index is 8.65. The molecule has 6 heteroatoms. The van der Waals surface area contributed by atoms with Crippen LogP contribution in [0, 0.1) is 11.3 Å². The summed E-state index contributed by atoms with van der Waals surface area (Å²) in [5.41, 5.74) is 0.344. The average molecular weight is 215 g/mol. The lowest BCUT2D eigenvalue weighted by Crippen LogP contribution is -1.90. The Kier molecular flexibility index (Phi) is 2.85. The van der Waals surface area contributed by atoms with Crippen LogP contribution in [-0.4, -0.2) is 19.9 Å². The van der Waals surface area contributed by atoms with Gasteiger partial charge in [-0.15, -0.1) is 0 Å². The van der Waals surface area contributed by atoms with E-state index in [-0.39, 0.29) is 0 Å². The summed E-state index contributed by atoms with van der Waals surface area (Å²) < 4.78 is 0. The molecule has 0 aliphatic carbocycles. The summed E-state index contributed by atoms with van der Waals surface area (Å²) in [6, 6.07) is 3.51. The Hall–Kier alpha value is -2.00. The molecular formula is C9H5N5S. The molecule has 0 aliphatic rings. The third-order valence-electron chi connectivity index (χ3n) is 1.48. The fourth-order valence-corrected chi connectivity index (χ4v) is 1.56. The fourth-order valence-electron chi connectivity index (χ4n) is 0.884. The summed E-state index contributed by atoms with van der Waals surface area (Å²) in [7, 11) is 0. The van der Waals surface area contributed by atoms with Crippen LogP contribution in [0.15, 0.2) is 41.0 Å². The molecule has 0 bridgehead atoms. The van der Waals surface area contributed by atoms with Crippen LogP contribution in [0.5, 0.6) is 0 Å². The van der Waals surface area contributed by atoms with Gasteiger partial charge in [-0.25, -0.2) is 15.0 Å². The van der Waals surface area contributed by atoms with Gasteiger partial charge < -0.3 is 0 Å². The van der Waals surface area contributed by atoms with Gasteiger partial charge in [0.2, 0.25) is 0 Å². The van der Waals surface area contributed by atoms with Crippen LogP contribution < -0.4 is 0 Å². The molecular weight excluding hydrogens is 210 g/mol. The molecule has 0 fully saturated rings. The first-order valence-corrected chi connectivity index (χ1v) is 4.87. The van der Waals surface area contributed by atoms with E-state index in [1.54, 1.807) is 30.9 Å². The molecule has 0 N–H and O–H groups in total. The monoisotopic (exact) mass is 215 g/mol. The van der Waals surface area contributed by atoms with Gasteiger partial charge in [-0.2, -0.15) is 5.26 Å². The molecule has 0 unspecified atom stereocenters. The van der Waals surface area contributed by atoms with Crippen LogP contribution in [0.2, 0.25) is 0 Å². The smallest absolute Gasteiger partial charge is 0.195 e. The Morgan fingerprint density at radius 3 is 2.87 bits per heavy atom. The van der Waals surface area contributed by atoms with Crippen molar-refractivity contribution in [3.63, 3.8) is 0 Å². The van der Waals surface area contributed by atoms with Crippen LogP contribution in [-0.2, 0) is 0 Å². The number of hydrogen-bond donors (Lipinski definition) is 0. The molecule has 0 saturated carbocycles. The Morgan fingerprint density at radius 2 is 2.13 bits per heavy atom. The summed E-state index contributed by atoms with van der Waals surface area (Å²) >= 11 is 1.27. The van der Waals surface area contributed by atoms with Gasteiger partial charge in [0.25, 0.3) is 0 Å². The van der Waals surface area contributed by atoms with Crippen LogP contribution in [0.3, 0.4) is 0 Å². The highest BCUT2D eigenvalue weighted by atomic mass is 32.2. The number of rotatable bonds is 2. The lowest BCUT2D eigenvalue weighted by Gasteiger charge is -1.97. The van der Waals surface area contributed by atoms with Crippen molar-refractivity contribution in [3.05, 3.63) is 36.5 Å². The molecule has 0 saturated heterocycles. The summed E-state index contributed by atoms with van der Waals surface area (Å²) in [6.07, 6.45) is 6.35. The van der Waals surface area contributed by atoms with Gasteiger partial charge >= 0.3 is 0 Å². The molecule has 5 nitrogen and oxygen atoms in total. The van der Waals surface area contributed by atoms with Gasteiger partial charge in [0.05, 0.1) is 6.20 Å². The van der Waals surface area contributed by atoms with E-state index in [9.17, 15) is 0 Å². The molecule has 0 aliphatic heterocycles. The Morgan fingerprint density at radius 1 is 1.20 bits per heavy atom. The lowest BCUT2D eigenvalue weighted by molar-refractivity contribution is 0.942. The molecule has 0 spiro atoms. The quantitative estimate of drug-likeness (QED) is 0.702. The molecule has 0 aromatic carbocycles. The normalized spacial score (nSPS) is 9.53. The first kappa shape index (κ1) is 9.55. The number of hydrogen-bond acceptors (Lipinski definition) is 6. The number of nitrogens with zero attached hydrogens (tertiary/aromatic N) is 5. The van der Waals surface area contributed by atoms with E-state index in [1.807, 2.05) is 6.07 Å². The summed E-state index contributed by atoms with van der Waals surface area (Å²) in [6.45, 7) is 0. The second-order valence-electron chi connectivity index (χ2n) is 2.48. The topological polar surface area (TPSA) is 75.3 Å². The predicted molar refractivity (Wildman–Crippen MR) is 52.9 cm³/mol. The summed E-state index contributed by atoms with van der Waals surface area (Å²) in [4.78, 5) is 16.0. The van der Waals surface area contributed by atoms with E-state index in [2.05, 4.69) is 19.9 Å². The highest BCUT2D eigenvalue weighted by Gasteiger charge is 2.02.